The van der Waals surface area contributed by atoms with E-state index < -0.39 is 16.6 Å². The van der Waals surface area contributed by atoms with Crippen molar-refractivity contribution in [1.82, 2.24) is 4.98 Å². The Bertz CT molecular complexity index is 796. The summed E-state index contributed by atoms with van der Waals surface area (Å²) in [6, 6.07) is 6.16. The monoisotopic (exact) mass is 390 g/mol. The van der Waals surface area contributed by atoms with Crippen LogP contribution in [-0.4, -0.2) is 49.9 Å². The lowest BCUT2D eigenvalue weighted by Crippen LogP contribution is -2.11. The largest absolute Gasteiger partial charge is 0.493 e. The number of ether oxygens (including phenoxy) is 4. The van der Waals surface area contributed by atoms with E-state index in [1.54, 1.807) is 12.4 Å². The fraction of sp³-hybridized carbons (Fsp3) is 0.368. The molecule has 0 amide bonds. The lowest BCUT2D eigenvalue weighted by Gasteiger charge is -2.12. The number of esters is 1. The molecule has 1 heterocycles. The van der Waals surface area contributed by atoms with Crippen molar-refractivity contribution in [3.63, 3.8) is 0 Å². The smallest absolute Gasteiger partial charge is 0.345 e. The van der Waals surface area contributed by atoms with Crippen LogP contribution in [0.15, 0.2) is 36.7 Å². The average molecular weight is 390 g/mol. The van der Waals surface area contributed by atoms with Gasteiger partial charge in [0.05, 0.1) is 31.3 Å². The summed E-state index contributed by atoms with van der Waals surface area (Å²) in [5.41, 5.74) is 0.413. The molecule has 0 aliphatic carbocycles. The predicted octanol–water partition coefficient (Wildman–Crippen LogP) is 2.81. The van der Waals surface area contributed by atoms with Gasteiger partial charge in [0, 0.05) is 25.6 Å². The van der Waals surface area contributed by atoms with Crippen LogP contribution in [0.2, 0.25) is 0 Å². The average Bonchev–Trinajstić information content (AvgIpc) is 2.71. The van der Waals surface area contributed by atoms with Crippen molar-refractivity contribution in [2.45, 2.75) is 12.8 Å². The molecule has 0 fully saturated rings. The summed E-state index contributed by atoms with van der Waals surface area (Å²) in [5, 5.41) is 11.4. The Morgan fingerprint density at radius 3 is 2.64 bits per heavy atom. The Kier molecular flexibility index (Phi) is 8.16. The maximum atomic E-state index is 12.4. The molecule has 1 aromatic heterocycles. The number of methoxy groups -OCH3 is 2. The van der Waals surface area contributed by atoms with Crippen LogP contribution >= 0.6 is 0 Å². The third kappa shape index (κ3) is 5.92. The van der Waals surface area contributed by atoms with Crippen molar-refractivity contribution in [1.29, 1.82) is 0 Å². The lowest BCUT2D eigenvalue weighted by molar-refractivity contribution is -0.385. The van der Waals surface area contributed by atoms with Gasteiger partial charge in [-0.25, -0.2) is 4.79 Å². The molecule has 0 saturated heterocycles. The fourth-order valence-corrected chi connectivity index (χ4v) is 2.44. The van der Waals surface area contributed by atoms with Crippen molar-refractivity contribution in [3.05, 3.63) is 57.9 Å². The third-order valence-corrected chi connectivity index (χ3v) is 3.81. The highest BCUT2D eigenvalue weighted by Crippen LogP contribution is 2.35. The third-order valence-electron chi connectivity index (χ3n) is 3.81. The van der Waals surface area contributed by atoms with Crippen molar-refractivity contribution in [2.24, 2.45) is 0 Å². The highest BCUT2D eigenvalue weighted by molar-refractivity contribution is 5.95. The number of pyridine rings is 1. The number of nitrogens with zero attached hydrogens (tertiary/aromatic N) is 2. The van der Waals surface area contributed by atoms with Gasteiger partial charge in [-0.2, -0.15) is 0 Å². The molecule has 9 heteroatoms. The number of rotatable bonds is 11. The summed E-state index contributed by atoms with van der Waals surface area (Å²) in [6.45, 7) is 0.610. The zero-order chi connectivity index (χ0) is 20.4. The molecule has 28 heavy (non-hydrogen) atoms. The minimum Gasteiger partial charge on any atom is -0.493 e. The van der Waals surface area contributed by atoms with Crippen LogP contribution in [0.3, 0.4) is 0 Å². The van der Waals surface area contributed by atoms with Gasteiger partial charge in [0.1, 0.15) is 12.2 Å². The first-order valence-corrected chi connectivity index (χ1v) is 8.61. The van der Waals surface area contributed by atoms with E-state index in [9.17, 15) is 14.9 Å². The van der Waals surface area contributed by atoms with Gasteiger partial charge in [-0.15, -0.1) is 0 Å². The maximum Gasteiger partial charge on any atom is 0.345 e. The Labute approximate surface area is 162 Å². The number of benzene rings is 1. The molecule has 150 valence electrons. The van der Waals surface area contributed by atoms with Gasteiger partial charge in [-0.3, -0.25) is 15.1 Å². The number of aromatic nitrogens is 1. The second-order valence-electron chi connectivity index (χ2n) is 5.72. The topological polar surface area (TPSA) is 110 Å². The van der Waals surface area contributed by atoms with Crippen LogP contribution in [0.1, 0.15) is 22.3 Å². The minimum atomic E-state index is -0.792. The standard InChI is InChI=1S/C19H22N2O7/c1-25-9-10-27-18-12-16(21(23)24)15(11-17(18)26-2)19(22)28-8-4-6-14-5-3-7-20-13-14/h3,5,7,11-13H,4,6,8-10H2,1-2H3. The van der Waals surface area contributed by atoms with E-state index in [1.807, 2.05) is 12.1 Å². The summed E-state index contributed by atoms with van der Waals surface area (Å²) in [5.74, 6) is -0.442. The maximum absolute atomic E-state index is 12.4. The van der Waals surface area contributed by atoms with Crippen LogP contribution in [0, 0.1) is 10.1 Å². The van der Waals surface area contributed by atoms with Gasteiger partial charge in [0.15, 0.2) is 11.5 Å². The van der Waals surface area contributed by atoms with Gasteiger partial charge in [0.2, 0.25) is 0 Å². The molecule has 0 aliphatic heterocycles. The van der Waals surface area contributed by atoms with Gasteiger partial charge >= 0.3 is 5.97 Å². The molecular formula is C19H22N2O7. The molecule has 0 unspecified atom stereocenters. The number of aryl methyl sites for hydroxylation is 1. The first-order chi connectivity index (χ1) is 13.6. The molecule has 2 aromatic rings. The lowest BCUT2D eigenvalue weighted by atomic mass is 10.1. The minimum absolute atomic E-state index is 0.124. The Balaban J connectivity index is 2.06. The number of carbonyl (C=O) groups is 1. The van der Waals surface area contributed by atoms with E-state index in [1.165, 1.54) is 20.3 Å². The normalized spacial score (nSPS) is 10.4. The molecule has 0 saturated carbocycles. The van der Waals surface area contributed by atoms with E-state index in [2.05, 4.69) is 4.98 Å². The van der Waals surface area contributed by atoms with Crippen LogP contribution < -0.4 is 9.47 Å². The fourth-order valence-electron chi connectivity index (χ4n) is 2.44. The molecule has 0 radical (unpaired) electrons. The summed E-state index contributed by atoms with van der Waals surface area (Å²) >= 11 is 0. The Morgan fingerprint density at radius 2 is 2.00 bits per heavy atom. The van der Waals surface area contributed by atoms with Crippen molar-refractivity contribution in [2.75, 3.05) is 34.0 Å². The van der Waals surface area contributed by atoms with Crippen molar-refractivity contribution >= 4 is 11.7 Å². The van der Waals surface area contributed by atoms with Crippen molar-refractivity contribution in [3.8, 4) is 11.5 Å². The van der Waals surface area contributed by atoms with E-state index in [4.69, 9.17) is 18.9 Å². The predicted molar refractivity (Wildman–Crippen MR) is 99.9 cm³/mol. The molecule has 0 N–H and O–H groups in total. The molecule has 0 aliphatic rings. The summed E-state index contributed by atoms with van der Waals surface area (Å²) in [4.78, 5) is 27.1. The van der Waals surface area contributed by atoms with Crippen LogP contribution in [0.4, 0.5) is 5.69 Å². The molecule has 9 nitrogen and oxygen atoms in total. The zero-order valence-corrected chi connectivity index (χ0v) is 15.8. The van der Waals surface area contributed by atoms with Gasteiger partial charge in [-0.05, 0) is 24.5 Å². The van der Waals surface area contributed by atoms with Gasteiger partial charge in [0.25, 0.3) is 5.69 Å². The molecule has 0 atom stereocenters. The second-order valence-corrected chi connectivity index (χ2v) is 5.72. The van der Waals surface area contributed by atoms with E-state index >= 15 is 0 Å². The molecule has 0 bridgehead atoms. The first kappa shape index (κ1) is 21.1. The second kappa shape index (κ2) is 10.8. The molecule has 2 rings (SSSR count). The SMILES string of the molecule is COCCOc1cc([N+](=O)[O-])c(C(=O)OCCCc2cccnc2)cc1OC. The zero-order valence-electron chi connectivity index (χ0n) is 15.8. The molecular weight excluding hydrogens is 368 g/mol. The molecule has 1 aromatic carbocycles. The number of nitro groups is 1. The highest BCUT2D eigenvalue weighted by Gasteiger charge is 2.26. The summed E-state index contributed by atoms with van der Waals surface area (Å²) in [7, 11) is 2.89. The number of carbonyl (C=O) groups excluding carboxylic acids is 1. The Morgan fingerprint density at radius 1 is 1.18 bits per heavy atom. The van der Waals surface area contributed by atoms with E-state index in [-0.39, 0.29) is 30.3 Å². The summed E-state index contributed by atoms with van der Waals surface area (Å²) < 4.78 is 20.7. The number of hydrogen-bond donors (Lipinski definition) is 0. The van der Waals surface area contributed by atoms with E-state index in [0.29, 0.717) is 19.4 Å². The quantitative estimate of drug-likeness (QED) is 0.249. The van der Waals surface area contributed by atoms with Crippen LogP contribution in [0.25, 0.3) is 0 Å². The number of hydrogen-bond acceptors (Lipinski definition) is 8. The highest BCUT2D eigenvalue weighted by atomic mass is 16.6. The van der Waals surface area contributed by atoms with E-state index in [0.717, 1.165) is 11.6 Å². The first-order valence-electron chi connectivity index (χ1n) is 8.61. The van der Waals surface area contributed by atoms with Crippen LogP contribution in [0.5, 0.6) is 11.5 Å². The van der Waals surface area contributed by atoms with Gasteiger partial charge in [-0.1, -0.05) is 6.07 Å². The number of nitro benzene ring substituents is 1. The van der Waals surface area contributed by atoms with Crippen LogP contribution in [-0.2, 0) is 15.9 Å². The Hall–Kier alpha value is -3.20. The molecule has 0 spiro atoms. The summed E-state index contributed by atoms with van der Waals surface area (Å²) in [6.07, 6.45) is 4.66. The van der Waals surface area contributed by atoms with Gasteiger partial charge < -0.3 is 18.9 Å². The van der Waals surface area contributed by atoms with Crippen molar-refractivity contribution < 1.29 is 28.7 Å².